The van der Waals surface area contributed by atoms with Crippen LogP contribution in [0.2, 0.25) is 0 Å². The molecule has 0 bridgehead atoms. The number of imide groups is 1. The number of quaternary nitrogens is 1. The van der Waals surface area contributed by atoms with Crippen LogP contribution in [0.25, 0.3) is 0 Å². The van der Waals surface area contributed by atoms with Gasteiger partial charge >= 0.3 is 150 Å². The molecular weight excluding hydrogens is 405 g/mol. The van der Waals surface area contributed by atoms with Crippen molar-refractivity contribution in [1.29, 1.82) is 0 Å². The molecule has 1 aliphatic rings. The summed E-state index contributed by atoms with van der Waals surface area (Å²) >= 11 is -0.207. The average molecular weight is 431 g/mol. The van der Waals surface area contributed by atoms with E-state index in [0.717, 1.165) is 26.6 Å². The fourth-order valence-corrected chi connectivity index (χ4v) is 5.30. The van der Waals surface area contributed by atoms with Crippen molar-refractivity contribution < 1.29 is 33.8 Å². The molecule has 1 fully saturated rings. The van der Waals surface area contributed by atoms with Crippen molar-refractivity contribution in [3.63, 3.8) is 0 Å². The normalized spacial score (nSPS) is 19.1. The number of terminal acetylenes is 1. The van der Waals surface area contributed by atoms with Crippen LogP contribution in [0, 0.1) is 12.3 Å². The Morgan fingerprint density at radius 2 is 2.09 bits per heavy atom. The number of amides is 3. The van der Waals surface area contributed by atoms with Gasteiger partial charge in [-0.05, 0) is 0 Å². The van der Waals surface area contributed by atoms with Crippen molar-refractivity contribution >= 4 is 11.9 Å². The fraction of sp³-hybridized carbons (Fsp3) is 0.529. The molecule has 23 heavy (non-hydrogen) atoms. The van der Waals surface area contributed by atoms with Gasteiger partial charge in [-0.2, -0.15) is 0 Å². The van der Waals surface area contributed by atoms with Gasteiger partial charge in [0.2, 0.25) is 0 Å². The molecule has 1 heterocycles. The van der Waals surface area contributed by atoms with Crippen LogP contribution in [-0.2, 0) is 4.79 Å². The molecule has 0 aromatic heterocycles. The van der Waals surface area contributed by atoms with Crippen molar-refractivity contribution in [3.8, 4) is 12.3 Å². The Hall–Kier alpha value is -1.33. The Morgan fingerprint density at radius 1 is 1.39 bits per heavy atom. The van der Waals surface area contributed by atoms with Gasteiger partial charge in [0, 0.05) is 0 Å². The van der Waals surface area contributed by atoms with Crippen molar-refractivity contribution in [2.75, 3.05) is 30.6 Å². The van der Waals surface area contributed by atoms with Gasteiger partial charge in [0.25, 0.3) is 0 Å². The van der Waals surface area contributed by atoms with E-state index in [-0.39, 0.29) is 33.4 Å². The van der Waals surface area contributed by atoms with Gasteiger partial charge in [-0.1, -0.05) is 0 Å². The van der Waals surface area contributed by atoms with E-state index >= 15 is 0 Å². The van der Waals surface area contributed by atoms with E-state index in [4.69, 9.17) is 6.42 Å². The summed E-state index contributed by atoms with van der Waals surface area (Å²) in [5, 5.41) is 2.70. The predicted molar refractivity (Wildman–Crippen MR) is 87.9 cm³/mol. The summed E-state index contributed by atoms with van der Waals surface area (Å²) in [6.45, 7) is 13.8. The molecule has 128 valence electrons. The predicted octanol–water partition coefficient (Wildman–Crippen LogP) is -1.47. The summed E-state index contributed by atoms with van der Waals surface area (Å²) in [5.41, 5.74) is -0.807. The van der Waals surface area contributed by atoms with Gasteiger partial charge in [0.15, 0.2) is 0 Å². The van der Waals surface area contributed by atoms with E-state index < -0.39 is 5.54 Å². The van der Waals surface area contributed by atoms with Crippen LogP contribution in [0.3, 0.4) is 0 Å². The number of nitrogens with zero attached hydrogens (tertiary/aromatic N) is 2. The van der Waals surface area contributed by atoms with Crippen LogP contribution in [0.5, 0.6) is 0 Å². The summed E-state index contributed by atoms with van der Waals surface area (Å²) in [7, 11) is 0. The molecule has 6 heteroatoms. The summed E-state index contributed by atoms with van der Waals surface area (Å²) < 4.78 is 1.79. The first kappa shape index (κ1) is 19.7. The van der Waals surface area contributed by atoms with E-state index in [9.17, 15) is 9.59 Å². The van der Waals surface area contributed by atoms with E-state index in [1.54, 1.807) is 13.8 Å². The molecule has 0 aliphatic carbocycles. The molecule has 3 amide bonds. The van der Waals surface area contributed by atoms with Gasteiger partial charge in [-0.25, -0.2) is 0 Å². The third-order valence-electron chi connectivity index (χ3n) is 3.65. The summed E-state index contributed by atoms with van der Waals surface area (Å²) in [6.07, 6.45) is 10.1. The molecule has 0 saturated carbocycles. The molecule has 1 saturated heterocycles. The number of nitrogens with one attached hydrogen (secondary N) is 1. The second kappa shape index (κ2) is 8.50. The molecule has 1 rings (SSSR count). The molecule has 0 radical (unpaired) electrons. The molecule has 1 N–H and O–H groups in total. The molecule has 0 aromatic carbocycles. The second-order valence-electron chi connectivity index (χ2n) is 6.01. The SMILES string of the molecule is C#CC[N+](CC=C)(CCCN1C(=O)NC(C)(C)C1=O)[I-]CC=C. The molecule has 1 atom stereocenters. The summed E-state index contributed by atoms with van der Waals surface area (Å²) in [5.74, 6) is 2.60. The first-order valence-electron chi connectivity index (χ1n) is 7.58. The van der Waals surface area contributed by atoms with E-state index in [1.807, 2.05) is 12.2 Å². The van der Waals surface area contributed by atoms with Gasteiger partial charge in [-0.3, -0.25) is 0 Å². The number of hydrogen-bond acceptors (Lipinski definition) is 2. The Kier molecular flexibility index (Phi) is 7.29. The molecule has 5 nitrogen and oxygen atoms in total. The van der Waals surface area contributed by atoms with Crippen LogP contribution in [0.15, 0.2) is 25.3 Å². The summed E-state index contributed by atoms with van der Waals surface area (Å²) in [4.78, 5) is 25.4. The number of carbonyl (C=O) groups excluding carboxylic acids is 2. The third kappa shape index (κ3) is 5.08. The maximum absolute atomic E-state index is 12.2. The van der Waals surface area contributed by atoms with E-state index in [0.29, 0.717) is 13.1 Å². The Bertz CT molecular complexity index is 524. The van der Waals surface area contributed by atoms with Crippen molar-refractivity contribution in [2.45, 2.75) is 25.8 Å². The Balaban J connectivity index is 2.69. The minimum absolute atomic E-state index is 0.165. The van der Waals surface area contributed by atoms with Crippen molar-refractivity contribution in [3.05, 3.63) is 25.3 Å². The number of halogens is 1. The van der Waals surface area contributed by atoms with Crippen molar-refractivity contribution in [1.82, 2.24) is 10.2 Å². The molecule has 0 aromatic rings. The molecular formula is C17H26IN3O2. The van der Waals surface area contributed by atoms with Gasteiger partial charge < -0.3 is 0 Å². The zero-order valence-corrected chi connectivity index (χ0v) is 16.1. The van der Waals surface area contributed by atoms with E-state index in [2.05, 4.69) is 24.4 Å². The van der Waals surface area contributed by atoms with Crippen LogP contribution >= 0.6 is 0 Å². The van der Waals surface area contributed by atoms with Gasteiger partial charge in [0.1, 0.15) is 0 Å². The van der Waals surface area contributed by atoms with Crippen molar-refractivity contribution in [2.24, 2.45) is 0 Å². The number of alkyl halides is 1. The van der Waals surface area contributed by atoms with Crippen LogP contribution in [0.1, 0.15) is 20.3 Å². The fourth-order valence-electron chi connectivity index (χ4n) is 2.51. The molecule has 0 spiro atoms. The Labute approximate surface area is 150 Å². The van der Waals surface area contributed by atoms with Crippen LogP contribution in [-0.4, -0.2) is 55.7 Å². The van der Waals surface area contributed by atoms with Gasteiger partial charge in [-0.15, -0.1) is 0 Å². The topological polar surface area (TPSA) is 49.4 Å². The van der Waals surface area contributed by atoms with Crippen LogP contribution < -0.4 is 26.8 Å². The number of urea groups is 1. The number of hydrogen-bond donors (Lipinski definition) is 1. The number of allylic oxidation sites excluding steroid dienone is 1. The van der Waals surface area contributed by atoms with E-state index in [1.165, 1.54) is 4.90 Å². The molecule has 1 aliphatic heterocycles. The Morgan fingerprint density at radius 3 is 2.57 bits per heavy atom. The average Bonchev–Trinajstić information content (AvgIpc) is 2.67. The zero-order chi connectivity index (χ0) is 17.5. The molecule has 1 unspecified atom stereocenters. The summed E-state index contributed by atoms with van der Waals surface area (Å²) in [6, 6.07) is -0.306. The monoisotopic (exact) mass is 431 g/mol. The second-order valence-corrected chi connectivity index (χ2v) is 9.62. The third-order valence-corrected chi connectivity index (χ3v) is 7.33. The number of carbonyl (C=O) groups is 2. The van der Waals surface area contributed by atoms with Gasteiger partial charge in [0.05, 0.1) is 0 Å². The standard InChI is InChI=1S/C17H26IN3O2/c1-6-10-18-21(12-7-2,13-8-3)14-9-11-20-15(22)17(4,5)19-16(20)23/h2,6,8H,1,3,9-14H2,4-5H3,(H,19,23). The minimum atomic E-state index is -0.807. The maximum atomic E-state index is 12.2. The number of rotatable bonds is 10. The van der Waals surface area contributed by atoms with Crippen LogP contribution in [0.4, 0.5) is 4.79 Å². The zero-order valence-electron chi connectivity index (χ0n) is 14.0. The quantitative estimate of drug-likeness (QED) is 0.115. The first-order chi connectivity index (χ1) is 10.8. The first-order valence-corrected chi connectivity index (χ1v) is 10.1.